The van der Waals surface area contributed by atoms with Gasteiger partial charge in [0.2, 0.25) is 0 Å². The number of anilines is 3. The van der Waals surface area contributed by atoms with Gasteiger partial charge in [0.25, 0.3) is 11.8 Å². The van der Waals surface area contributed by atoms with E-state index in [1.165, 1.54) is 17.0 Å². The SMILES string of the molecule is CN1C(=O)COc2ccc(NC(=O)c3ccc(N)o3)cc21. The molecule has 0 radical (unpaired) electrons. The average Bonchev–Trinajstić information content (AvgIpc) is 2.90. The third-order valence-corrected chi connectivity index (χ3v) is 3.15. The molecule has 108 valence electrons. The summed E-state index contributed by atoms with van der Waals surface area (Å²) in [5.74, 6) is 0.315. The van der Waals surface area contributed by atoms with Gasteiger partial charge >= 0.3 is 0 Å². The van der Waals surface area contributed by atoms with Gasteiger partial charge in [0.05, 0.1) is 5.69 Å². The summed E-state index contributed by atoms with van der Waals surface area (Å²) in [5, 5.41) is 2.68. The number of fused-ring (bicyclic) bond motifs is 1. The van der Waals surface area contributed by atoms with E-state index in [-0.39, 0.29) is 24.2 Å². The monoisotopic (exact) mass is 287 g/mol. The second-order valence-corrected chi connectivity index (χ2v) is 4.58. The Balaban J connectivity index is 1.84. The third kappa shape index (κ3) is 2.40. The first-order valence-electron chi connectivity index (χ1n) is 6.24. The Morgan fingerprint density at radius 1 is 1.33 bits per heavy atom. The largest absolute Gasteiger partial charge is 0.482 e. The average molecular weight is 287 g/mol. The topological polar surface area (TPSA) is 97.8 Å². The highest BCUT2D eigenvalue weighted by Gasteiger charge is 2.22. The number of furan rings is 1. The van der Waals surface area contributed by atoms with E-state index in [1.54, 1.807) is 25.2 Å². The number of amides is 2. The van der Waals surface area contributed by atoms with Crippen LogP contribution >= 0.6 is 0 Å². The van der Waals surface area contributed by atoms with Gasteiger partial charge in [-0.1, -0.05) is 0 Å². The molecule has 0 spiro atoms. The quantitative estimate of drug-likeness (QED) is 0.871. The Kier molecular flexibility index (Phi) is 3.02. The molecule has 21 heavy (non-hydrogen) atoms. The van der Waals surface area contributed by atoms with Gasteiger partial charge in [-0.05, 0) is 24.3 Å². The van der Waals surface area contributed by atoms with Crippen LogP contribution in [0.2, 0.25) is 0 Å². The number of nitrogens with two attached hydrogens (primary N) is 1. The van der Waals surface area contributed by atoms with Crippen LogP contribution in [0.4, 0.5) is 17.3 Å². The molecule has 0 fully saturated rings. The highest BCUT2D eigenvalue weighted by Crippen LogP contribution is 2.33. The lowest BCUT2D eigenvalue weighted by Crippen LogP contribution is -2.35. The van der Waals surface area contributed by atoms with Crippen LogP contribution in [-0.2, 0) is 4.79 Å². The van der Waals surface area contributed by atoms with Crippen molar-refractivity contribution in [2.75, 3.05) is 29.6 Å². The minimum absolute atomic E-state index is 0.0148. The summed E-state index contributed by atoms with van der Waals surface area (Å²) in [4.78, 5) is 25.1. The van der Waals surface area contributed by atoms with Crippen molar-refractivity contribution in [3.63, 3.8) is 0 Å². The molecule has 0 bridgehead atoms. The molecule has 1 aromatic carbocycles. The summed E-state index contributed by atoms with van der Waals surface area (Å²) in [7, 11) is 1.66. The van der Waals surface area contributed by atoms with Gasteiger partial charge in [-0.25, -0.2) is 0 Å². The van der Waals surface area contributed by atoms with Crippen LogP contribution in [0.15, 0.2) is 34.7 Å². The first-order chi connectivity index (χ1) is 10.0. The van der Waals surface area contributed by atoms with Crippen molar-refractivity contribution >= 4 is 29.1 Å². The van der Waals surface area contributed by atoms with Crippen LogP contribution in [0.25, 0.3) is 0 Å². The number of nitrogen functional groups attached to an aromatic ring is 1. The van der Waals surface area contributed by atoms with Gasteiger partial charge in [0.15, 0.2) is 18.3 Å². The first kappa shape index (κ1) is 13.0. The lowest BCUT2D eigenvalue weighted by Gasteiger charge is -2.26. The van der Waals surface area contributed by atoms with E-state index in [9.17, 15) is 9.59 Å². The van der Waals surface area contributed by atoms with Crippen LogP contribution in [0.1, 0.15) is 10.6 Å². The van der Waals surface area contributed by atoms with Crippen molar-refractivity contribution in [2.45, 2.75) is 0 Å². The van der Waals surface area contributed by atoms with E-state index >= 15 is 0 Å². The molecule has 0 aliphatic carbocycles. The van der Waals surface area contributed by atoms with Crippen molar-refractivity contribution in [1.82, 2.24) is 0 Å². The normalized spacial score (nSPS) is 13.6. The number of hydrogen-bond acceptors (Lipinski definition) is 5. The molecule has 0 atom stereocenters. The van der Waals surface area contributed by atoms with Crippen LogP contribution in [0, 0.1) is 0 Å². The fraction of sp³-hybridized carbons (Fsp3) is 0.143. The maximum Gasteiger partial charge on any atom is 0.291 e. The van der Waals surface area contributed by atoms with Gasteiger partial charge in [0.1, 0.15) is 5.75 Å². The van der Waals surface area contributed by atoms with Gasteiger partial charge in [-0.3, -0.25) is 9.59 Å². The molecule has 7 heteroatoms. The number of rotatable bonds is 2. The Bertz CT molecular complexity index is 723. The van der Waals surface area contributed by atoms with E-state index in [0.29, 0.717) is 17.1 Å². The van der Waals surface area contributed by atoms with E-state index in [2.05, 4.69) is 5.32 Å². The highest BCUT2D eigenvalue weighted by atomic mass is 16.5. The zero-order valence-electron chi connectivity index (χ0n) is 11.3. The van der Waals surface area contributed by atoms with Crippen LogP contribution < -0.4 is 20.7 Å². The van der Waals surface area contributed by atoms with Crippen molar-refractivity contribution in [3.05, 3.63) is 36.1 Å². The highest BCUT2D eigenvalue weighted by molar-refractivity contribution is 6.04. The molecular formula is C14H13N3O4. The summed E-state index contributed by atoms with van der Waals surface area (Å²) >= 11 is 0. The Morgan fingerprint density at radius 3 is 2.86 bits per heavy atom. The van der Waals surface area contributed by atoms with E-state index in [1.807, 2.05) is 0 Å². The Labute approximate surface area is 120 Å². The molecule has 2 heterocycles. The predicted molar refractivity (Wildman–Crippen MR) is 76.4 cm³/mol. The minimum atomic E-state index is -0.419. The number of hydrogen-bond donors (Lipinski definition) is 2. The number of nitrogens with one attached hydrogen (secondary N) is 1. The Morgan fingerprint density at radius 2 is 2.14 bits per heavy atom. The molecule has 7 nitrogen and oxygen atoms in total. The number of nitrogens with zero attached hydrogens (tertiary/aromatic N) is 1. The van der Waals surface area contributed by atoms with Crippen molar-refractivity contribution in [3.8, 4) is 5.75 Å². The van der Waals surface area contributed by atoms with Crippen LogP contribution in [0.3, 0.4) is 0 Å². The minimum Gasteiger partial charge on any atom is -0.482 e. The number of carbonyl (C=O) groups is 2. The molecule has 1 aromatic heterocycles. The lowest BCUT2D eigenvalue weighted by molar-refractivity contribution is -0.120. The number of benzene rings is 1. The summed E-state index contributed by atoms with van der Waals surface area (Å²) in [6, 6.07) is 8.04. The molecule has 1 aliphatic heterocycles. The first-order valence-corrected chi connectivity index (χ1v) is 6.24. The smallest absolute Gasteiger partial charge is 0.291 e. The molecule has 3 rings (SSSR count). The summed E-state index contributed by atoms with van der Waals surface area (Å²) in [6.07, 6.45) is 0. The van der Waals surface area contributed by atoms with Gasteiger partial charge in [-0.2, -0.15) is 0 Å². The van der Waals surface area contributed by atoms with E-state index in [4.69, 9.17) is 14.9 Å². The lowest BCUT2D eigenvalue weighted by atomic mass is 10.2. The zero-order valence-corrected chi connectivity index (χ0v) is 11.3. The summed E-state index contributed by atoms with van der Waals surface area (Å²) < 4.78 is 10.4. The third-order valence-electron chi connectivity index (χ3n) is 3.15. The fourth-order valence-electron chi connectivity index (χ4n) is 2.02. The molecule has 2 aromatic rings. The number of carbonyl (C=O) groups excluding carboxylic acids is 2. The maximum atomic E-state index is 12.0. The van der Waals surface area contributed by atoms with Crippen LogP contribution in [-0.4, -0.2) is 25.5 Å². The Hall–Kier alpha value is -2.96. The van der Waals surface area contributed by atoms with Crippen molar-refractivity contribution in [2.24, 2.45) is 0 Å². The van der Waals surface area contributed by atoms with Crippen LogP contribution in [0.5, 0.6) is 5.75 Å². The molecule has 0 saturated carbocycles. The van der Waals surface area contributed by atoms with Gasteiger partial charge in [-0.15, -0.1) is 0 Å². The van der Waals surface area contributed by atoms with E-state index < -0.39 is 5.91 Å². The number of likely N-dealkylation sites (N-methyl/N-ethyl adjacent to an activating group) is 1. The molecule has 3 N–H and O–H groups in total. The molecule has 1 aliphatic rings. The van der Waals surface area contributed by atoms with Crippen molar-refractivity contribution in [1.29, 1.82) is 0 Å². The second-order valence-electron chi connectivity index (χ2n) is 4.58. The van der Waals surface area contributed by atoms with E-state index in [0.717, 1.165) is 0 Å². The van der Waals surface area contributed by atoms with Crippen molar-refractivity contribution < 1.29 is 18.7 Å². The van der Waals surface area contributed by atoms with Gasteiger partial charge < -0.3 is 25.1 Å². The number of ether oxygens (including phenoxy) is 1. The van der Waals surface area contributed by atoms with Gasteiger partial charge in [0, 0.05) is 18.8 Å². The summed E-state index contributed by atoms with van der Waals surface area (Å²) in [5.41, 5.74) is 6.55. The molecular weight excluding hydrogens is 274 g/mol. The maximum absolute atomic E-state index is 12.0. The predicted octanol–water partition coefficient (Wildman–Crippen LogP) is 1.47. The fourth-order valence-corrected chi connectivity index (χ4v) is 2.02. The molecule has 2 amide bonds. The molecule has 0 unspecified atom stereocenters. The molecule has 0 saturated heterocycles. The standard InChI is InChI=1S/C14H13N3O4/c1-17-9-6-8(2-3-10(9)20-7-13(17)18)16-14(19)11-4-5-12(15)21-11/h2-6H,7,15H2,1H3,(H,16,19). The summed E-state index contributed by atoms with van der Waals surface area (Å²) in [6.45, 7) is 0.0148. The second kappa shape index (κ2) is 4.86. The zero-order chi connectivity index (χ0) is 15.0.